The topological polar surface area (TPSA) is 99.6 Å². The van der Waals surface area contributed by atoms with Crippen LogP contribution in [0.4, 0.5) is 5.69 Å². The summed E-state index contributed by atoms with van der Waals surface area (Å²) in [7, 11) is 0. The standard InChI is InChI=1S/C37H45N3O6/c1-5-13-25(4)38-22-12-21-37-31(34(43)40(32(37)35(38)44)29(24-41)26-14-9-8-10-15-26)30-33(42)39(23-11-20-36(30,6-2)46-37)27-16-18-28(19-17-27)45-7-3/h8-12,14-21,25,29-32,41H,5-7,13,22-24H2,1-4H3/t25?,29-,30-,31+,32?,36+,37+/m1/s1. The third kappa shape index (κ3) is 4.95. The van der Waals surface area contributed by atoms with Gasteiger partial charge in [0.1, 0.15) is 17.4 Å². The lowest BCUT2D eigenvalue weighted by molar-refractivity contribution is -0.157. The summed E-state index contributed by atoms with van der Waals surface area (Å²) in [6, 6.07) is 14.7. The molecule has 2 aromatic carbocycles. The van der Waals surface area contributed by atoms with Crippen molar-refractivity contribution in [2.45, 2.75) is 76.3 Å². The van der Waals surface area contributed by atoms with E-state index in [0.717, 1.165) is 12.8 Å². The molecule has 2 aromatic rings. The Morgan fingerprint density at radius 1 is 0.913 bits per heavy atom. The van der Waals surface area contributed by atoms with Crippen molar-refractivity contribution in [3.05, 3.63) is 84.5 Å². The Labute approximate surface area is 271 Å². The highest BCUT2D eigenvalue weighted by molar-refractivity contribution is 6.04. The average Bonchev–Trinajstić information content (AvgIpc) is 3.35. The van der Waals surface area contributed by atoms with E-state index in [4.69, 9.17) is 9.47 Å². The molecule has 2 fully saturated rings. The first kappa shape index (κ1) is 32.0. The molecule has 0 radical (unpaired) electrons. The van der Waals surface area contributed by atoms with E-state index in [2.05, 4.69) is 6.92 Å². The number of benzene rings is 2. The smallest absolute Gasteiger partial charge is 0.249 e. The van der Waals surface area contributed by atoms with Crippen LogP contribution < -0.4 is 9.64 Å². The first-order chi connectivity index (χ1) is 22.3. The highest BCUT2D eigenvalue weighted by atomic mass is 16.5. The van der Waals surface area contributed by atoms with Crippen LogP contribution in [0.1, 0.15) is 58.6 Å². The zero-order chi connectivity index (χ0) is 32.6. The largest absolute Gasteiger partial charge is 0.494 e. The number of aliphatic hydroxyl groups is 1. The summed E-state index contributed by atoms with van der Waals surface area (Å²) in [4.78, 5) is 49.7. The molecule has 0 aliphatic carbocycles. The van der Waals surface area contributed by atoms with Crippen molar-refractivity contribution < 1.29 is 29.0 Å². The van der Waals surface area contributed by atoms with Crippen molar-refractivity contribution in [2.24, 2.45) is 11.8 Å². The SMILES string of the molecule is CCCC(C)N1CC=C[C@]23O[C@@]4(CC)C=CCN(c5ccc(OCC)cc5)C(=O)[C@H]4[C@H]2C(=O)N([C@H](CO)c2ccccc2)C3C1=O. The second-order valence-electron chi connectivity index (χ2n) is 12.8. The summed E-state index contributed by atoms with van der Waals surface area (Å²) in [5.41, 5.74) is -1.10. The number of hydrogen-bond acceptors (Lipinski definition) is 6. The van der Waals surface area contributed by atoms with Crippen molar-refractivity contribution in [3.8, 4) is 5.75 Å². The van der Waals surface area contributed by atoms with Gasteiger partial charge in [0.05, 0.1) is 36.7 Å². The van der Waals surface area contributed by atoms with Crippen LogP contribution in [0.25, 0.3) is 0 Å². The van der Waals surface area contributed by atoms with Crippen molar-refractivity contribution >= 4 is 23.4 Å². The molecule has 244 valence electrons. The Morgan fingerprint density at radius 2 is 1.63 bits per heavy atom. The van der Waals surface area contributed by atoms with Gasteiger partial charge in [-0.3, -0.25) is 14.4 Å². The van der Waals surface area contributed by atoms with Gasteiger partial charge in [-0.1, -0.05) is 74.9 Å². The summed E-state index contributed by atoms with van der Waals surface area (Å²) in [5.74, 6) is -1.97. The van der Waals surface area contributed by atoms with Gasteiger partial charge in [0.15, 0.2) is 0 Å². The molecule has 1 spiro atoms. The number of rotatable bonds is 10. The van der Waals surface area contributed by atoms with Crippen LogP contribution in [-0.2, 0) is 19.1 Å². The predicted molar refractivity (Wildman–Crippen MR) is 175 cm³/mol. The van der Waals surface area contributed by atoms with E-state index in [9.17, 15) is 14.7 Å². The number of ether oxygens (including phenoxy) is 2. The van der Waals surface area contributed by atoms with E-state index in [0.29, 0.717) is 43.1 Å². The average molecular weight is 628 g/mol. The van der Waals surface area contributed by atoms with Gasteiger partial charge in [-0.05, 0) is 56.5 Å². The van der Waals surface area contributed by atoms with E-state index in [1.54, 1.807) is 4.90 Å². The van der Waals surface area contributed by atoms with Gasteiger partial charge in [0.2, 0.25) is 17.7 Å². The molecule has 9 nitrogen and oxygen atoms in total. The minimum absolute atomic E-state index is 0.0682. The molecule has 4 aliphatic heterocycles. The van der Waals surface area contributed by atoms with E-state index >= 15 is 4.79 Å². The number of carbonyl (C=O) groups excluding carboxylic acids is 3. The van der Waals surface area contributed by atoms with E-state index in [1.807, 2.05) is 105 Å². The Balaban J connectivity index is 1.50. The minimum atomic E-state index is -1.40. The molecular weight excluding hydrogens is 582 g/mol. The first-order valence-electron chi connectivity index (χ1n) is 16.6. The van der Waals surface area contributed by atoms with E-state index < -0.39 is 35.1 Å². The monoisotopic (exact) mass is 627 g/mol. The number of anilines is 1. The summed E-state index contributed by atoms with van der Waals surface area (Å²) in [5, 5.41) is 10.8. The number of aliphatic hydroxyl groups excluding tert-OH is 1. The Kier molecular flexibility index (Phi) is 8.83. The highest BCUT2D eigenvalue weighted by Crippen LogP contribution is 2.60. The number of likely N-dealkylation sites (tertiary alicyclic amines) is 1. The maximum Gasteiger partial charge on any atom is 0.249 e. The molecule has 0 aromatic heterocycles. The molecule has 7 atom stereocenters. The van der Waals surface area contributed by atoms with Gasteiger partial charge in [0, 0.05) is 24.8 Å². The molecular formula is C37H45N3O6. The van der Waals surface area contributed by atoms with Gasteiger partial charge in [0.25, 0.3) is 0 Å². The molecule has 6 rings (SSSR count). The number of nitrogens with zero attached hydrogens (tertiary/aromatic N) is 3. The fraction of sp³-hybridized carbons (Fsp3) is 0.486. The minimum Gasteiger partial charge on any atom is -0.494 e. The lowest BCUT2D eigenvalue weighted by Crippen LogP contribution is -2.58. The Morgan fingerprint density at radius 3 is 2.28 bits per heavy atom. The van der Waals surface area contributed by atoms with Crippen LogP contribution in [0.5, 0.6) is 5.75 Å². The maximum atomic E-state index is 15.0. The summed E-state index contributed by atoms with van der Waals surface area (Å²) < 4.78 is 12.8. The lowest BCUT2D eigenvalue weighted by atomic mass is 9.73. The van der Waals surface area contributed by atoms with Crippen molar-refractivity contribution in [1.82, 2.24) is 9.80 Å². The normalized spacial score (nSPS) is 30.1. The molecule has 9 heteroatoms. The van der Waals surface area contributed by atoms with E-state index in [-0.39, 0.29) is 30.4 Å². The number of amides is 3. The summed E-state index contributed by atoms with van der Waals surface area (Å²) in [6.07, 6.45) is 9.83. The van der Waals surface area contributed by atoms with Gasteiger partial charge >= 0.3 is 0 Å². The van der Waals surface area contributed by atoms with Crippen molar-refractivity contribution in [1.29, 1.82) is 0 Å². The second-order valence-corrected chi connectivity index (χ2v) is 12.8. The lowest BCUT2D eigenvalue weighted by Gasteiger charge is -2.41. The van der Waals surface area contributed by atoms with Gasteiger partial charge < -0.3 is 29.3 Å². The van der Waals surface area contributed by atoms with Gasteiger partial charge in [-0.2, -0.15) is 0 Å². The van der Waals surface area contributed by atoms with Crippen LogP contribution in [0.15, 0.2) is 78.9 Å². The Bertz CT molecular complexity index is 1510. The van der Waals surface area contributed by atoms with Crippen molar-refractivity contribution in [2.75, 3.05) is 31.2 Å². The van der Waals surface area contributed by atoms with Crippen LogP contribution in [0, 0.1) is 11.8 Å². The van der Waals surface area contributed by atoms with Crippen molar-refractivity contribution in [3.63, 3.8) is 0 Å². The quantitative estimate of drug-likeness (QED) is 0.385. The van der Waals surface area contributed by atoms with Gasteiger partial charge in [-0.15, -0.1) is 0 Å². The molecule has 0 bridgehead atoms. The van der Waals surface area contributed by atoms with E-state index in [1.165, 1.54) is 4.90 Å². The molecule has 1 N–H and O–H groups in total. The summed E-state index contributed by atoms with van der Waals surface area (Å²) >= 11 is 0. The second kappa shape index (κ2) is 12.7. The number of fused-ring (bicyclic) bond motifs is 2. The third-order valence-electron chi connectivity index (χ3n) is 10.3. The fourth-order valence-corrected chi connectivity index (χ4v) is 8.17. The molecule has 0 saturated carbocycles. The fourth-order valence-electron chi connectivity index (χ4n) is 8.17. The third-order valence-corrected chi connectivity index (χ3v) is 10.3. The first-order valence-corrected chi connectivity index (χ1v) is 16.6. The zero-order valence-corrected chi connectivity index (χ0v) is 27.2. The highest BCUT2D eigenvalue weighted by Gasteiger charge is 2.76. The molecule has 46 heavy (non-hydrogen) atoms. The van der Waals surface area contributed by atoms with Gasteiger partial charge in [-0.25, -0.2) is 0 Å². The predicted octanol–water partition coefficient (Wildman–Crippen LogP) is 4.67. The van der Waals surface area contributed by atoms with Crippen LogP contribution in [-0.4, -0.2) is 82.2 Å². The Hall–Kier alpha value is -3.95. The molecule has 2 saturated heterocycles. The molecule has 4 heterocycles. The molecule has 3 amide bonds. The zero-order valence-electron chi connectivity index (χ0n) is 27.2. The molecule has 4 aliphatic rings. The summed E-state index contributed by atoms with van der Waals surface area (Å²) in [6.45, 7) is 8.83. The van der Waals surface area contributed by atoms with Crippen LogP contribution in [0.2, 0.25) is 0 Å². The number of carbonyl (C=O) groups is 3. The van der Waals surface area contributed by atoms with Crippen LogP contribution >= 0.6 is 0 Å². The molecule has 2 unspecified atom stereocenters. The number of hydrogen-bond donors (Lipinski definition) is 1. The van der Waals surface area contributed by atoms with Crippen LogP contribution in [0.3, 0.4) is 0 Å². The maximum absolute atomic E-state index is 15.0.